The Morgan fingerprint density at radius 3 is 2.80 bits per heavy atom. The molecule has 0 saturated heterocycles. The summed E-state index contributed by atoms with van der Waals surface area (Å²) in [7, 11) is 0. The molecule has 0 saturated carbocycles. The van der Waals surface area contributed by atoms with Crippen LogP contribution in [-0.4, -0.2) is 21.0 Å². The Hall–Kier alpha value is -1.68. The highest BCUT2D eigenvalue weighted by Crippen LogP contribution is 2.20. The van der Waals surface area contributed by atoms with Gasteiger partial charge in [-0.15, -0.1) is 0 Å². The maximum atomic E-state index is 10.9. The summed E-state index contributed by atoms with van der Waals surface area (Å²) in [6.07, 6.45) is 0. The molecule has 0 aliphatic heterocycles. The average Bonchev–Trinajstić information content (AvgIpc) is 2.15. The second-order valence-corrected chi connectivity index (χ2v) is 3.52. The number of fused-ring (bicyclic) bond motifs is 1. The maximum absolute atomic E-state index is 10.9. The molecule has 0 unspecified atom stereocenters. The van der Waals surface area contributed by atoms with Crippen molar-refractivity contribution < 1.29 is 9.90 Å². The third-order valence-electron chi connectivity index (χ3n) is 1.97. The van der Waals surface area contributed by atoms with E-state index in [1.807, 2.05) is 0 Å². The lowest BCUT2D eigenvalue weighted by molar-refractivity contribution is 0.0692. The van der Waals surface area contributed by atoms with Gasteiger partial charge in [0.2, 0.25) is 0 Å². The molecule has 1 N–H and O–H groups in total. The fraction of sp³-hybridized carbons (Fsp3) is 0.100. The van der Waals surface area contributed by atoms with Crippen LogP contribution in [0.15, 0.2) is 18.2 Å². The van der Waals surface area contributed by atoms with Gasteiger partial charge in [-0.05, 0) is 25.1 Å². The molecular formula is C10H7ClN2O2. The predicted molar refractivity (Wildman–Crippen MR) is 56.2 cm³/mol. The zero-order valence-corrected chi connectivity index (χ0v) is 8.62. The molecule has 1 aromatic carbocycles. The highest BCUT2D eigenvalue weighted by molar-refractivity contribution is 6.31. The minimum absolute atomic E-state index is 0.00849. The van der Waals surface area contributed by atoms with Crippen molar-refractivity contribution in [2.45, 2.75) is 6.92 Å². The molecule has 76 valence electrons. The number of aromatic carboxylic acids is 1. The lowest BCUT2D eigenvalue weighted by Crippen LogP contribution is -2.04. The van der Waals surface area contributed by atoms with E-state index in [4.69, 9.17) is 16.7 Å². The van der Waals surface area contributed by atoms with Crippen LogP contribution in [0.3, 0.4) is 0 Å². The number of hydrogen-bond donors (Lipinski definition) is 1. The molecule has 15 heavy (non-hydrogen) atoms. The maximum Gasteiger partial charge on any atom is 0.355 e. The number of halogens is 1. The molecule has 0 atom stereocenters. The number of nitrogens with zero attached hydrogens (tertiary/aromatic N) is 2. The Morgan fingerprint density at radius 2 is 2.13 bits per heavy atom. The molecule has 0 spiro atoms. The van der Waals surface area contributed by atoms with Gasteiger partial charge in [0.05, 0.1) is 5.52 Å². The number of benzene rings is 1. The van der Waals surface area contributed by atoms with E-state index in [2.05, 4.69) is 9.97 Å². The van der Waals surface area contributed by atoms with Crippen molar-refractivity contribution in [3.05, 3.63) is 34.7 Å². The number of carboxylic acids is 1. The van der Waals surface area contributed by atoms with Crippen LogP contribution in [0.1, 0.15) is 16.3 Å². The van der Waals surface area contributed by atoms with Gasteiger partial charge in [-0.1, -0.05) is 11.6 Å². The second-order valence-electron chi connectivity index (χ2n) is 3.09. The topological polar surface area (TPSA) is 63.1 Å². The lowest BCUT2D eigenvalue weighted by atomic mass is 10.2. The molecular weight excluding hydrogens is 216 g/mol. The van der Waals surface area contributed by atoms with Gasteiger partial charge in [-0.2, -0.15) is 0 Å². The summed E-state index contributed by atoms with van der Waals surface area (Å²) in [6.45, 7) is 1.65. The standard InChI is InChI=1S/C10H7ClN2O2/c1-5-12-8-4-6(11)2-3-7(8)9(13-5)10(14)15/h2-4H,1H3,(H,14,15). The van der Waals surface area contributed by atoms with Gasteiger partial charge in [0, 0.05) is 10.4 Å². The number of aromatic nitrogens is 2. The zero-order valence-electron chi connectivity index (χ0n) is 7.86. The van der Waals surface area contributed by atoms with Crippen molar-refractivity contribution in [1.29, 1.82) is 0 Å². The monoisotopic (exact) mass is 222 g/mol. The van der Waals surface area contributed by atoms with Crippen LogP contribution in [0.5, 0.6) is 0 Å². The van der Waals surface area contributed by atoms with E-state index >= 15 is 0 Å². The summed E-state index contributed by atoms with van der Waals surface area (Å²) in [5, 5.41) is 9.98. The van der Waals surface area contributed by atoms with Crippen LogP contribution < -0.4 is 0 Å². The molecule has 0 aliphatic carbocycles. The molecule has 2 aromatic rings. The van der Waals surface area contributed by atoms with Crippen LogP contribution in [-0.2, 0) is 0 Å². The smallest absolute Gasteiger partial charge is 0.355 e. The first-order valence-electron chi connectivity index (χ1n) is 4.25. The van der Waals surface area contributed by atoms with Crippen LogP contribution in [0, 0.1) is 6.92 Å². The molecule has 0 radical (unpaired) electrons. The first kappa shape index (κ1) is 9.86. The molecule has 4 nitrogen and oxygen atoms in total. The van der Waals surface area contributed by atoms with Crippen molar-refractivity contribution in [3.8, 4) is 0 Å². The molecule has 0 amide bonds. The Morgan fingerprint density at radius 1 is 1.40 bits per heavy atom. The van der Waals surface area contributed by atoms with E-state index in [0.29, 0.717) is 21.7 Å². The van der Waals surface area contributed by atoms with Crippen molar-refractivity contribution in [1.82, 2.24) is 9.97 Å². The van der Waals surface area contributed by atoms with Crippen molar-refractivity contribution >= 4 is 28.5 Å². The fourth-order valence-electron chi connectivity index (χ4n) is 1.38. The minimum atomic E-state index is -1.06. The molecule has 2 rings (SSSR count). The van der Waals surface area contributed by atoms with E-state index in [9.17, 15) is 4.79 Å². The van der Waals surface area contributed by atoms with Gasteiger partial charge in [0.1, 0.15) is 5.82 Å². The first-order chi connectivity index (χ1) is 7.08. The summed E-state index contributed by atoms with van der Waals surface area (Å²) >= 11 is 5.80. The summed E-state index contributed by atoms with van der Waals surface area (Å²) < 4.78 is 0. The van der Waals surface area contributed by atoms with Gasteiger partial charge in [0.25, 0.3) is 0 Å². The summed E-state index contributed by atoms with van der Waals surface area (Å²) in [5.74, 6) is -0.644. The van der Waals surface area contributed by atoms with Crippen molar-refractivity contribution in [2.24, 2.45) is 0 Å². The van der Waals surface area contributed by atoms with Crippen LogP contribution in [0.2, 0.25) is 5.02 Å². The van der Waals surface area contributed by atoms with E-state index in [1.165, 1.54) is 0 Å². The van der Waals surface area contributed by atoms with Crippen LogP contribution in [0.25, 0.3) is 10.9 Å². The SMILES string of the molecule is Cc1nc(C(=O)O)c2ccc(Cl)cc2n1. The Bertz CT molecular complexity index is 549. The lowest BCUT2D eigenvalue weighted by Gasteiger charge is -2.02. The van der Waals surface area contributed by atoms with E-state index < -0.39 is 5.97 Å². The third kappa shape index (κ3) is 1.76. The molecule has 5 heteroatoms. The highest BCUT2D eigenvalue weighted by Gasteiger charge is 2.12. The highest BCUT2D eigenvalue weighted by atomic mass is 35.5. The summed E-state index contributed by atoms with van der Waals surface area (Å²) in [6, 6.07) is 4.85. The molecule has 0 aliphatic rings. The quantitative estimate of drug-likeness (QED) is 0.804. The summed E-state index contributed by atoms with van der Waals surface area (Å²) in [5.41, 5.74) is 0.557. The largest absolute Gasteiger partial charge is 0.476 e. The van der Waals surface area contributed by atoms with Crippen LogP contribution in [0.4, 0.5) is 0 Å². The average molecular weight is 223 g/mol. The normalized spacial score (nSPS) is 10.5. The van der Waals surface area contributed by atoms with E-state index in [-0.39, 0.29) is 5.69 Å². The zero-order chi connectivity index (χ0) is 11.0. The molecule has 1 heterocycles. The first-order valence-corrected chi connectivity index (χ1v) is 4.63. The molecule has 0 bridgehead atoms. The predicted octanol–water partition coefficient (Wildman–Crippen LogP) is 2.29. The molecule has 1 aromatic heterocycles. The van der Waals surface area contributed by atoms with Gasteiger partial charge in [-0.25, -0.2) is 14.8 Å². The number of carboxylic acid groups (broad SMARTS) is 1. The molecule has 0 fully saturated rings. The van der Waals surface area contributed by atoms with Crippen molar-refractivity contribution in [3.63, 3.8) is 0 Å². The van der Waals surface area contributed by atoms with Gasteiger partial charge in [-0.3, -0.25) is 0 Å². The number of hydrogen-bond acceptors (Lipinski definition) is 3. The van der Waals surface area contributed by atoms with E-state index in [0.717, 1.165) is 0 Å². The number of carbonyl (C=O) groups is 1. The van der Waals surface area contributed by atoms with Gasteiger partial charge < -0.3 is 5.11 Å². The Kier molecular flexibility index (Phi) is 2.28. The summed E-state index contributed by atoms with van der Waals surface area (Å²) in [4.78, 5) is 18.9. The number of aryl methyl sites for hydroxylation is 1. The van der Waals surface area contributed by atoms with Crippen molar-refractivity contribution in [2.75, 3.05) is 0 Å². The van der Waals surface area contributed by atoms with E-state index in [1.54, 1.807) is 25.1 Å². The Labute approximate surface area is 90.5 Å². The Balaban J connectivity index is 2.86. The fourth-order valence-corrected chi connectivity index (χ4v) is 1.55. The minimum Gasteiger partial charge on any atom is -0.476 e. The third-order valence-corrected chi connectivity index (χ3v) is 2.21. The van der Waals surface area contributed by atoms with Gasteiger partial charge in [0.15, 0.2) is 5.69 Å². The van der Waals surface area contributed by atoms with Gasteiger partial charge >= 0.3 is 5.97 Å². The van der Waals surface area contributed by atoms with Crippen LogP contribution >= 0.6 is 11.6 Å². The number of rotatable bonds is 1. The second kappa shape index (κ2) is 3.47.